The zero-order valence-corrected chi connectivity index (χ0v) is 16.4. The van der Waals surface area contributed by atoms with E-state index in [1.165, 1.54) is 16.8 Å². The molecule has 0 spiro atoms. The van der Waals surface area contributed by atoms with E-state index in [0.717, 1.165) is 24.0 Å². The Hall–Kier alpha value is -2.93. The number of halogens is 2. The lowest BCUT2D eigenvalue weighted by Crippen LogP contribution is -2.34. The molecular formula is C21H20ClFN4O2. The van der Waals surface area contributed by atoms with Gasteiger partial charge in [0.05, 0.1) is 0 Å². The number of benzene rings is 2. The molecule has 150 valence electrons. The summed E-state index contributed by atoms with van der Waals surface area (Å²) in [5, 5.41) is 7.80. The fraction of sp³-hybridized carbons (Fsp3) is 0.286. The fourth-order valence-corrected chi connectivity index (χ4v) is 3.30. The molecule has 0 bridgehead atoms. The lowest BCUT2D eigenvalue weighted by Gasteiger charge is -2.05. The van der Waals surface area contributed by atoms with E-state index in [4.69, 9.17) is 11.6 Å². The van der Waals surface area contributed by atoms with Gasteiger partial charge >= 0.3 is 5.69 Å². The van der Waals surface area contributed by atoms with Crippen molar-refractivity contribution in [3.8, 4) is 11.4 Å². The number of hydrogen-bond donors (Lipinski definition) is 1. The van der Waals surface area contributed by atoms with Crippen LogP contribution >= 0.6 is 11.6 Å². The number of nitrogens with one attached hydrogen (secondary N) is 1. The van der Waals surface area contributed by atoms with Crippen LogP contribution in [0.3, 0.4) is 0 Å². The quantitative estimate of drug-likeness (QED) is 0.645. The van der Waals surface area contributed by atoms with Crippen LogP contribution in [0.5, 0.6) is 0 Å². The van der Waals surface area contributed by atoms with Gasteiger partial charge in [-0.3, -0.25) is 9.36 Å². The predicted molar refractivity (Wildman–Crippen MR) is 108 cm³/mol. The van der Waals surface area contributed by atoms with E-state index in [9.17, 15) is 14.0 Å². The molecule has 8 heteroatoms. The number of carbonyl (C=O) groups is 1. The van der Waals surface area contributed by atoms with Crippen LogP contribution in [-0.4, -0.2) is 26.8 Å². The minimum absolute atomic E-state index is 0.128. The molecule has 4 rings (SSSR count). The number of carbonyl (C=O) groups excluding carboxylic acids is 1. The smallest absolute Gasteiger partial charge is 0.346 e. The third kappa shape index (κ3) is 4.56. The predicted octanol–water partition coefficient (Wildman–Crippen LogP) is 3.20. The fourth-order valence-electron chi connectivity index (χ4n) is 3.17. The first-order valence-electron chi connectivity index (χ1n) is 9.47. The van der Waals surface area contributed by atoms with Crippen LogP contribution in [0.1, 0.15) is 24.4 Å². The van der Waals surface area contributed by atoms with Crippen molar-refractivity contribution in [1.29, 1.82) is 0 Å². The average molecular weight is 415 g/mol. The molecule has 1 saturated carbocycles. The van der Waals surface area contributed by atoms with Crippen molar-refractivity contribution in [2.24, 2.45) is 0 Å². The number of nitrogens with zero attached hydrogens (tertiary/aromatic N) is 3. The first-order valence-corrected chi connectivity index (χ1v) is 9.85. The molecule has 1 aliphatic rings. The minimum Gasteiger partial charge on any atom is -0.354 e. The van der Waals surface area contributed by atoms with Crippen molar-refractivity contribution in [3.63, 3.8) is 0 Å². The molecule has 1 fully saturated rings. The van der Waals surface area contributed by atoms with Gasteiger partial charge in [0, 0.05) is 23.2 Å². The van der Waals surface area contributed by atoms with Crippen molar-refractivity contribution >= 4 is 17.5 Å². The van der Waals surface area contributed by atoms with Crippen LogP contribution in [0.25, 0.3) is 11.4 Å². The largest absolute Gasteiger partial charge is 0.354 e. The van der Waals surface area contributed by atoms with E-state index in [0.29, 0.717) is 23.8 Å². The summed E-state index contributed by atoms with van der Waals surface area (Å²) in [4.78, 5) is 25.1. The molecular weight excluding hydrogens is 395 g/mol. The maximum absolute atomic E-state index is 12.9. The molecule has 3 aromatic rings. The number of amides is 1. The molecule has 1 N–H and O–H groups in total. The molecule has 1 heterocycles. The van der Waals surface area contributed by atoms with Crippen molar-refractivity contribution in [1.82, 2.24) is 19.7 Å². The normalized spacial score (nSPS) is 13.4. The Kier molecular flexibility index (Phi) is 5.49. The average Bonchev–Trinajstić information content (AvgIpc) is 3.49. The van der Waals surface area contributed by atoms with Gasteiger partial charge in [-0.05, 0) is 61.2 Å². The Morgan fingerprint density at radius 1 is 1.14 bits per heavy atom. The van der Waals surface area contributed by atoms with E-state index >= 15 is 0 Å². The summed E-state index contributed by atoms with van der Waals surface area (Å²) in [5.74, 6) is -0.0366. The zero-order chi connectivity index (χ0) is 20.4. The van der Waals surface area contributed by atoms with Crippen LogP contribution in [0.15, 0.2) is 53.3 Å². The highest BCUT2D eigenvalue weighted by Gasteiger charge is 2.30. The second kappa shape index (κ2) is 8.21. The van der Waals surface area contributed by atoms with Crippen LogP contribution in [0.2, 0.25) is 5.02 Å². The molecule has 0 unspecified atom stereocenters. The molecule has 29 heavy (non-hydrogen) atoms. The Morgan fingerprint density at radius 3 is 2.48 bits per heavy atom. The molecule has 1 amide bonds. The first-order chi connectivity index (χ1) is 14.0. The highest BCUT2D eigenvalue weighted by molar-refractivity contribution is 6.30. The highest BCUT2D eigenvalue weighted by atomic mass is 35.5. The highest BCUT2D eigenvalue weighted by Crippen LogP contribution is 2.36. The van der Waals surface area contributed by atoms with Crippen molar-refractivity contribution < 1.29 is 9.18 Å². The topological polar surface area (TPSA) is 68.9 Å². The van der Waals surface area contributed by atoms with E-state index in [-0.39, 0.29) is 30.0 Å². The number of rotatable bonds is 7. The van der Waals surface area contributed by atoms with E-state index in [1.807, 2.05) is 12.1 Å². The van der Waals surface area contributed by atoms with Gasteiger partial charge in [-0.2, -0.15) is 0 Å². The lowest BCUT2D eigenvalue weighted by molar-refractivity contribution is -0.121. The number of hydrogen-bond acceptors (Lipinski definition) is 3. The molecule has 0 aliphatic heterocycles. The van der Waals surface area contributed by atoms with Crippen LogP contribution < -0.4 is 11.0 Å². The summed E-state index contributed by atoms with van der Waals surface area (Å²) >= 11 is 5.95. The summed E-state index contributed by atoms with van der Waals surface area (Å²) in [6.07, 6.45) is 2.43. The Labute approximate surface area is 171 Å². The lowest BCUT2D eigenvalue weighted by atomic mass is 10.1. The van der Waals surface area contributed by atoms with E-state index in [2.05, 4.69) is 10.4 Å². The maximum atomic E-state index is 12.9. The van der Waals surface area contributed by atoms with Gasteiger partial charge in [0.2, 0.25) is 5.91 Å². The van der Waals surface area contributed by atoms with Crippen molar-refractivity contribution in [2.45, 2.75) is 31.8 Å². The monoisotopic (exact) mass is 414 g/mol. The van der Waals surface area contributed by atoms with Crippen molar-refractivity contribution in [3.05, 3.63) is 75.4 Å². The summed E-state index contributed by atoms with van der Waals surface area (Å²) < 4.78 is 15.8. The molecule has 0 radical (unpaired) electrons. The third-order valence-electron chi connectivity index (χ3n) is 4.83. The van der Waals surface area contributed by atoms with Gasteiger partial charge in [0.25, 0.3) is 0 Å². The molecule has 6 nitrogen and oxygen atoms in total. The van der Waals surface area contributed by atoms with Gasteiger partial charge in [-0.1, -0.05) is 23.7 Å². The summed E-state index contributed by atoms with van der Waals surface area (Å²) in [5.41, 5.74) is 1.42. The maximum Gasteiger partial charge on any atom is 0.346 e. The zero-order valence-electron chi connectivity index (χ0n) is 15.6. The Bertz CT molecular complexity index is 1070. The third-order valence-corrected chi connectivity index (χ3v) is 5.08. The summed E-state index contributed by atoms with van der Waals surface area (Å²) in [6, 6.07) is 13.4. The Balaban J connectivity index is 1.45. The molecule has 1 aliphatic carbocycles. The first kappa shape index (κ1) is 19.4. The molecule has 0 atom stereocenters. The minimum atomic E-state index is -0.294. The summed E-state index contributed by atoms with van der Waals surface area (Å²) in [6.45, 7) is 0.245. The van der Waals surface area contributed by atoms with Crippen LogP contribution in [0.4, 0.5) is 4.39 Å². The van der Waals surface area contributed by atoms with Crippen LogP contribution in [-0.2, 0) is 17.8 Å². The standard InChI is InChI=1S/C21H20ClFN4O2/c22-16-5-3-15(4-6-16)20-25-26(21(29)27(20)18-9-10-18)13-19(28)24-12-11-14-1-7-17(23)8-2-14/h1-8,18H,9-13H2,(H,24,28). The van der Waals surface area contributed by atoms with Gasteiger partial charge in [-0.25, -0.2) is 13.9 Å². The van der Waals surface area contributed by atoms with Gasteiger partial charge < -0.3 is 5.32 Å². The molecule has 0 saturated heterocycles. The van der Waals surface area contributed by atoms with Gasteiger partial charge in [-0.15, -0.1) is 5.10 Å². The Morgan fingerprint density at radius 2 is 1.83 bits per heavy atom. The number of aromatic nitrogens is 3. The van der Waals surface area contributed by atoms with Gasteiger partial charge in [0.15, 0.2) is 5.82 Å². The van der Waals surface area contributed by atoms with Crippen molar-refractivity contribution in [2.75, 3.05) is 6.54 Å². The molecule has 1 aromatic heterocycles. The molecule has 2 aromatic carbocycles. The van der Waals surface area contributed by atoms with E-state index < -0.39 is 0 Å². The second-order valence-corrected chi connectivity index (χ2v) is 7.53. The second-order valence-electron chi connectivity index (χ2n) is 7.10. The van der Waals surface area contributed by atoms with E-state index in [1.54, 1.807) is 28.8 Å². The SMILES string of the molecule is O=C(Cn1nc(-c2ccc(Cl)cc2)n(C2CC2)c1=O)NCCc1ccc(F)cc1. The van der Waals surface area contributed by atoms with Crippen LogP contribution in [0, 0.1) is 5.82 Å². The summed E-state index contributed by atoms with van der Waals surface area (Å²) in [7, 11) is 0. The van der Waals surface area contributed by atoms with Gasteiger partial charge in [0.1, 0.15) is 12.4 Å².